The van der Waals surface area contributed by atoms with Crippen LogP contribution in [0.4, 0.5) is 5.69 Å². The molecule has 6 heteroatoms. The van der Waals surface area contributed by atoms with Gasteiger partial charge in [-0.1, -0.05) is 54.6 Å². The van der Waals surface area contributed by atoms with Crippen LogP contribution in [0.2, 0.25) is 0 Å². The summed E-state index contributed by atoms with van der Waals surface area (Å²) in [5, 5.41) is 13.2. The van der Waals surface area contributed by atoms with Crippen molar-refractivity contribution in [1.82, 2.24) is 4.98 Å². The van der Waals surface area contributed by atoms with Crippen LogP contribution in [0.3, 0.4) is 0 Å². The fourth-order valence-electron chi connectivity index (χ4n) is 4.26. The monoisotopic (exact) mass is 436 g/mol. The molecule has 1 aliphatic heterocycles. The zero-order chi connectivity index (χ0) is 22.9. The number of nitrogens with zero attached hydrogens (tertiary/aromatic N) is 2. The third-order valence-electron chi connectivity index (χ3n) is 5.81. The molecule has 1 saturated heterocycles. The van der Waals surface area contributed by atoms with Crippen LogP contribution < -0.4 is 9.64 Å². The van der Waals surface area contributed by atoms with Gasteiger partial charge in [0.05, 0.1) is 24.4 Å². The average Bonchev–Trinajstić information content (AvgIpc) is 3.13. The number of ether oxygens (including phenoxy) is 1. The normalized spacial score (nSPS) is 17.5. The summed E-state index contributed by atoms with van der Waals surface area (Å²) in [7, 11) is 1.50. The van der Waals surface area contributed by atoms with Gasteiger partial charge in [0, 0.05) is 18.0 Å². The molecule has 6 nitrogen and oxygen atoms in total. The fraction of sp³-hybridized carbons (Fsp3) is 0.0741. The van der Waals surface area contributed by atoms with Gasteiger partial charge < -0.3 is 9.84 Å². The summed E-state index contributed by atoms with van der Waals surface area (Å²) in [4.78, 5) is 32.1. The first-order valence-corrected chi connectivity index (χ1v) is 10.4. The molecule has 1 unspecified atom stereocenters. The smallest absolute Gasteiger partial charge is 0.300 e. The summed E-state index contributed by atoms with van der Waals surface area (Å²) in [6.45, 7) is 0. The van der Waals surface area contributed by atoms with Crippen molar-refractivity contribution in [3.05, 3.63) is 108 Å². The van der Waals surface area contributed by atoms with Crippen molar-refractivity contribution >= 4 is 33.9 Å². The number of benzene rings is 3. The van der Waals surface area contributed by atoms with Crippen molar-refractivity contribution in [1.29, 1.82) is 0 Å². The van der Waals surface area contributed by atoms with Gasteiger partial charge in [0.1, 0.15) is 11.5 Å². The number of hydrogen-bond acceptors (Lipinski definition) is 5. The van der Waals surface area contributed by atoms with Crippen molar-refractivity contribution in [3.63, 3.8) is 0 Å². The third-order valence-corrected chi connectivity index (χ3v) is 5.81. The molecule has 0 saturated carbocycles. The lowest BCUT2D eigenvalue weighted by Crippen LogP contribution is -2.29. The molecule has 1 aromatic heterocycles. The second-order valence-corrected chi connectivity index (χ2v) is 7.69. The van der Waals surface area contributed by atoms with Crippen molar-refractivity contribution in [2.75, 3.05) is 12.0 Å². The molecule has 0 aliphatic carbocycles. The number of carbonyl (C=O) groups is 2. The number of aliphatic hydroxyl groups is 1. The molecule has 2 heterocycles. The number of fused-ring (bicyclic) bond motifs is 1. The summed E-state index contributed by atoms with van der Waals surface area (Å²) >= 11 is 0. The number of rotatable bonds is 4. The van der Waals surface area contributed by atoms with Crippen molar-refractivity contribution in [2.24, 2.45) is 0 Å². The number of methoxy groups -OCH3 is 1. The first-order chi connectivity index (χ1) is 16.1. The summed E-state index contributed by atoms with van der Waals surface area (Å²) in [6.07, 6.45) is 3.20. The standard InChI is InChI=1S/C27H20N2O4/c1-33-22-11-5-4-10-21(22)29-24(20-9-6-14-28-16-20)23(26(31)27(29)32)25(30)19-13-12-17-7-2-3-8-18(17)15-19/h2-16,24,30H,1H3/b25-23-. The first kappa shape index (κ1) is 20.5. The average molecular weight is 436 g/mol. The Labute approximate surface area is 190 Å². The van der Waals surface area contributed by atoms with E-state index in [0.717, 1.165) is 10.8 Å². The molecule has 5 rings (SSSR count). The molecule has 1 aliphatic rings. The van der Waals surface area contributed by atoms with E-state index in [9.17, 15) is 14.7 Å². The predicted octanol–water partition coefficient (Wildman–Crippen LogP) is 4.87. The van der Waals surface area contributed by atoms with E-state index in [2.05, 4.69) is 4.98 Å². The highest BCUT2D eigenvalue weighted by Gasteiger charge is 2.47. The van der Waals surface area contributed by atoms with Crippen LogP contribution in [0, 0.1) is 0 Å². The van der Waals surface area contributed by atoms with Crippen LogP contribution in [-0.4, -0.2) is 28.9 Å². The minimum absolute atomic E-state index is 0.00851. The van der Waals surface area contributed by atoms with E-state index in [1.54, 1.807) is 54.9 Å². The molecule has 4 aromatic rings. The van der Waals surface area contributed by atoms with E-state index < -0.39 is 17.7 Å². The zero-order valence-corrected chi connectivity index (χ0v) is 17.8. The number of Topliss-reactive ketones (excluding diaryl/α,β-unsaturated/α-hetero) is 1. The number of aromatic nitrogens is 1. The molecule has 162 valence electrons. The second-order valence-electron chi connectivity index (χ2n) is 7.69. The van der Waals surface area contributed by atoms with Crippen LogP contribution in [0.25, 0.3) is 16.5 Å². The maximum absolute atomic E-state index is 13.3. The number of carbonyl (C=O) groups excluding carboxylic acids is 2. The van der Waals surface area contributed by atoms with Gasteiger partial charge in [-0.05, 0) is 40.6 Å². The van der Waals surface area contributed by atoms with Gasteiger partial charge in [-0.25, -0.2) is 0 Å². The van der Waals surface area contributed by atoms with Crippen molar-refractivity contribution in [2.45, 2.75) is 6.04 Å². The van der Waals surface area contributed by atoms with Gasteiger partial charge in [-0.15, -0.1) is 0 Å². The maximum atomic E-state index is 13.3. The Morgan fingerprint density at radius 1 is 0.939 bits per heavy atom. The van der Waals surface area contributed by atoms with Crippen LogP contribution in [0.15, 0.2) is 96.8 Å². The Balaban J connectivity index is 1.74. The Morgan fingerprint density at radius 3 is 2.45 bits per heavy atom. The van der Waals surface area contributed by atoms with Gasteiger partial charge in [-0.3, -0.25) is 19.5 Å². The molecule has 0 bridgehead atoms. The number of para-hydroxylation sites is 2. The number of amides is 1. The van der Waals surface area contributed by atoms with Crippen LogP contribution in [0.5, 0.6) is 5.75 Å². The molecule has 1 amide bonds. The molecule has 3 aromatic carbocycles. The van der Waals surface area contributed by atoms with E-state index >= 15 is 0 Å². The number of pyridine rings is 1. The zero-order valence-electron chi connectivity index (χ0n) is 17.8. The largest absolute Gasteiger partial charge is 0.507 e. The quantitative estimate of drug-likeness (QED) is 0.281. The number of aliphatic hydroxyl groups excluding tert-OH is 1. The summed E-state index contributed by atoms with van der Waals surface area (Å²) in [6, 6.07) is 22.8. The highest BCUT2D eigenvalue weighted by molar-refractivity contribution is 6.52. The van der Waals surface area contributed by atoms with Gasteiger partial charge in [-0.2, -0.15) is 0 Å². The highest BCUT2D eigenvalue weighted by Crippen LogP contribution is 2.44. The molecular weight excluding hydrogens is 416 g/mol. The van der Waals surface area contributed by atoms with E-state index in [0.29, 0.717) is 22.6 Å². The summed E-state index contributed by atoms with van der Waals surface area (Å²) < 4.78 is 5.45. The molecule has 0 spiro atoms. The lowest BCUT2D eigenvalue weighted by Gasteiger charge is -2.26. The molecule has 0 radical (unpaired) electrons. The topological polar surface area (TPSA) is 79.7 Å². The lowest BCUT2D eigenvalue weighted by molar-refractivity contribution is -0.132. The minimum Gasteiger partial charge on any atom is -0.507 e. The summed E-state index contributed by atoms with van der Waals surface area (Å²) in [5.41, 5.74) is 1.51. The fourth-order valence-corrected chi connectivity index (χ4v) is 4.26. The molecule has 1 N–H and O–H groups in total. The van der Waals surface area contributed by atoms with Crippen molar-refractivity contribution < 1.29 is 19.4 Å². The number of ketones is 1. The van der Waals surface area contributed by atoms with E-state index in [4.69, 9.17) is 4.74 Å². The second kappa shape index (κ2) is 8.24. The summed E-state index contributed by atoms with van der Waals surface area (Å²) in [5.74, 6) is -1.29. The lowest BCUT2D eigenvalue weighted by atomic mass is 9.95. The maximum Gasteiger partial charge on any atom is 0.300 e. The van der Waals surface area contributed by atoms with E-state index in [1.807, 2.05) is 36.4 Å². The first-order valence-electron chi connectivity index (χ1n) is 10.4. The van der Waals surface area contributed by atoms with Gasteiger partial charge in [0.2, 0.25) is 0 Å². The van der Waals surface area contributed by atoms with E-state index in [1.165, 1.54) is 12.0 Å². The molecule has 1 fully saturated rings. The Morgan fingerprint density at radius 2 is 1.70 bits per heavy atom. The van der Waals surface area contributed by atoms with Crippen LogP contribution in [0.1, 0.15) is 17.2 Å². The van der Waals surface area contributed by atoms with Gasteiger partial charge in [0.15, 0.2) is 0 Å². The highest BCUT2D eigenvalue weighted by atomic mass is 16.5. The number of anilines is 1. The minimum atomic E-state index is -0.860. The van der Waals surface area contributed by atoms with E-state index in [-0.39, 0.29) is 11.3 Å². The SMILES string of the molecule is COc1ccccc1N1C(=O)C(=O)/C(=C(\O)c2ccc3ccccc3c2)C1c1cccnc1. The third kappa shape index (κ3) is 3.42. The van der Waals surface area contributed by atoms with Crippen LogP contribution >= 0.6 is 0 Å². The Hall–Kier alpha value is -4.45. The van der Waals surface area contributed by atoms with Crippen molar-refractivity contribution in [3.8, 4) is 5.75 Å². The Bertz CT molecular complexity index is 1410. The number of hydrogen-bond donors (Lipinski definition) is 1. The molecule has 33 heavy (non-hydrogen) atoms. The van der Waals surface area contributed by atoms with Gasteiger partial charge in [0.25, 0.3) is 11.7 Å². The predicted molar refractivity (Wildman–Crippen MR) is 126 cm³/mol. The molecular formula is C27H20N2O4. The van der Waals surface area contributed by atoms with Crippen LogP contribution in [-0.2, 0) is 9.59 Å². The Kier molecular flexibility index (Phi) is 5.11. The molecule has 1 atom stereocenters. The van der Waals surface area contributed by atoms with Gasteiger partial charge >= 0.3 is 0 Å².